The van der Waals surface area contributed by atoms with Crippen molar-refractivity contribution in [1.29, 1.82) is 0 Å². The predicted octanol–water partition coefficient (Wildman–Crippen LogP) is 4.34. The third kappa shape index (κ3) is 3.48. The maximum atomic E-state index is 11.5. The molecule has 138 valence electrons. The molecule has 1 unspecified atom stereocenters. The van der Waals surface area contributed by atoms with E-state index in [0.29, 0.717) is 16.5 Å². The lowest BCUT2D eigenvalue weighted by Crippen LogP contribution is -2.26. The maximum absolute atomic E-state index is 11.5. The number of imidazole rings is 1. The number of carbonyl (C=O) groups is 1. The standard InChI is InChI=1S/C20H19ClN4O2/c1-12(14-3-5-16(6-4-14)25-8-7-22-13(25)2)23-17-9-15(21)10-18-20(17)27-11-19(26)24-18/h3-10,12,23H,11H2,1-2H3,(H,24,26). The first-order chi connectivity index (χ1) is 13.0. The molecule has 27 heavy (non-hydrogen) atoms. The molecule has 0 fully saturated rings. The molecule has 0 spiro atoms. The van der Waals surface area contributed by atoms with Gasteiger partial charge in [-0.2, -0.15) is 0 Å². The van der Waals surface area contributed by atoms with Gasteiger partial charge in [-0.3, -0.25) is 4.79 Å². The number of aromatic nitrogens is 2. The lowest BCUT2D eigenvalue weighted by molar-refractivity contribution is -0.118. The Labute approximate surface area is 162 Å². The molecular weight excluding hydrogens is 364 g/mol. The van der Waals surface area contributed by atoms with E-state index >= 15 is 0 Å². The van der Waals surface area contributed by atoms with Crippen molar-refractivity contribution in [2.75, 3.05) is 17.2 Å². The first-order valence-electron chi connectivity index (χ1n) is 8.64. The lowest BCUT2D eigenvalue weighted by atomic mass is 10.1. The first-order valence-corrected chi connectivity index (χ1v) is 9.02. The summed E-state index contributed by atoms with van der Waals surface area (Å²) >= 11 is 6.20. The second-order valence-corrected chi connectivity index (χ2v) is 6.91. The first kappa shape index (κ1) is 17.4. The minimum absolute atomic E-state index is 0.00333. The van der Waals surface area contributed by atoms with Crippen molar-refractivity contribution in [2.45, 2.75) is 19.9 Å². The minimum atomic E-state index is -0.186. The molecule has 0 saturated heterocycles. The second-order valence-electron chi connectivity index (χ2n) is 6.47. The largest absolute Gasteiger partial charge is 0.479 e. The smallest absolute Gasteiger partial charge is 0.262 e. The summed E-state index contributed by atoms with van der Waals surface area (Å²) in [7, 11) is 0. The van der Waals surface area contributed by atoms with Crippen LogP contribution in [0.5, 0.6) is 5.75 Å². The fraction of sp³-hybridized carbons (Fsp3) is 0.200. The van der Waals surface area contributed by atoms with Gasteiger partial charge in [-0.1, -0.05) is 23.7 Å². The van der Waals surface area contributed by atoms with Gasteiger partial charge >= 0.3 is 0 Å². The summed E-state index contributed by atoms with van der Waals surface area (Å²) in [5.74, 6) is 1.37. The van der Waals surface area contributed by atoms with E-state index in [0.717, 1.165) is 22.8 Å². The van der Waals surface area contributed by atoms with E-state index in [4.69, 9.17) is 16.3 Å². The van der Waals surface area contributed by atoms with E-state index < -0.39 is 0 Å². The van der Waals surface area contributed by atoms with Gasteiger partial charge in [0.05, 0.1) is 11.4 Å². The zero-order chi connectivity index (χ0) is 19.0. The molecule has 1 aromatic heterocycles. The van der Waals surface area contributed by atoms with Crippen molar-refractivity contribution in [3.05, 3.63) is 65.2 Å². The Hall–Kier alpha value is -2.99. The fourth-order valence-corrected chi connectivity index (χ4v) is 3.38. The number of anilines is 2. The average Bonchev–Trinajstić information content (AvgIpc) is 3.07. The number of nitrogens with zero attached hydrogens (tertiary/aromatic N) is 2. The van der Waals surface area contributed by atoms with Crippen LogP contribution in [0, 0.1) is 6.92 Å². The summed E-state index contributed by atoms with van der Waals surface area (Å²) in [5.41, 5.74) is 3.51. The van der Waals surface area contributed by atoms with Crippen molar-refractivity contribution in [2.24, 2.45) is 0 Å². The second kappa shape index (κ2) is 6.96. The van der Waals surface area contributed by atoms with E-state index in [9.17, 15) is 4.79 Å². The number of carbonyl (C=O) groups excluding carboxylic acids is 1. The van der Waals surface area contributed by atoms with E-state index in [-0.39, 0.29) is 18.6 Å². The molecule has 4 rings (SSSR count). The fourth-order valence-electron chi connectivity index (χ4n) is 3.16. The SMILES string of the molecule is Cc1nccn1-c1ccc(C(C)Nc2cc(Cl)cc3c2OCC(=O)N3)cc1. The van der Waals surface area contributed by atoms with E-state index in [2.05, 4.69) is 46.8 Å². The highest BCUT2D eigenvalue weighted by Gasteiger charge is 2.21. The summed E-state index contributed by atoms with van der Waals surface area (Å²) in [6.07, 6.45) is 3.73. The number of amides is 1. The summed E-state index contributed by atoms with van der Waals surface area (Å²) in [6, 6.07) is 11.8. The molecule has 7 heteroatoms. The van der Waals surface area contributed by atoms with Crippen LogP contribution in [0.1, 0.15) is 24.4 Å². The van der Waals surface area contributed by atoms with Gasteiger partial charge < -0.3 is 19.9 Å². The van der Waals surface area contributed by atoms with Crippen molar-refractivity contribution < 1.29 is 9.53 Å². The van der Waals surface area contributed by atoms with Gasteiger partial charge in [-0.15, -0.1) is 0 Å². The number of halogens is 1. The zero-order valence-corrected chi connectivity index (χ0v) is 15.7. The quantitative estimate of drug-likeness (QED) is 0.704. The van der Waals surface area contributed by atoms with Crippen molar-refractivity contribution in [3.8, 4) is 11.4 Å². The molecule has 1 amide bonds. The van der Waals surface area contributed by atoms with Crippen molar-refractivity contribution >= 4 is 28.9 Å². The highest BCUT2D eigenvalue weighted by molar-refractivity contribution is 6.31. The number of benzene rings is 2. The van der Waals surface area contributed by atoms with Gasteiger partial charge in [0, 0.05) is 29.1 Å². The van der Waals surface area contributed by atoms with Crippen LogP contribution in [0.25, 0.3) is 5.69 Å². The third-order valence-electron chi connectivity index (χ3n) is 4.54. The molecule has 2 N–H and O–H groups in total. The summed E-state index contributed by atoms with van der Waals surface area (Å²) in [4.78, 5) is 15.8. The number of nitrogens with one attached hydrogen (secondary N) is 2. The normalized spacial score (nSPS) is 14.1. The maximum Gasteiger partial charge on any atom is 0.262 e. The summed E-state index contributed by atoms with van der Waals surface area (Å²) < 4.78 is 7.63. The Morgan fingerprint density at radius 1 is 1.30 bits per heavy atom. The predicted molar refractivity (Wildman–Crippen MR) is 106 cm³/mol. The number of aryl methyl sites for hydroxylation is 1. The van der Waals surface area contributed by atoms with Crippen molar-refractivity contribution in [3.63, 3.8) is 0 Å². The van der Waals surface area contributed by atoms with E-state index in [1.54, 1.807) is 18.3 Å². The number of hydrogen-bond acceptors (Lipinski definition) is 4. The Morgan fingerprint density at radius 3 is 2.78 bits per heavy atom. The van der Waals surface area contributed by atoms with Crippen molar-refractivity contribution in [1.82, 2.24) is 9.55 Å². The van der Waals surface area contributed by atoms with Gasteiger partial charge in [-0.25, -0.2) is 4.98 Å². The lowest BCUT2D eigenvalue weighted by Gasteiger charge is -2.24. The molecule has 1 aliphatic heterocycles. The zero-order valence-electron chi connectivity index (χ0n) is 15.0. The van der Waals surface area contributed by atoms with Crippen LogP contribution in [-0.4, -0.2) is 22.1 Å². The summed E-state index contributed by atoms with van der Waals surface area (Å²) in [5, 5.41) is 6.74. The minimum Gasteiger partial charge on any atom is -0.479 e. The van der Waals surface area contributed by atoms with Crippen LogP contribution in [0.2, 0.25) is 5.02 Å². The van der Waals surface area contributed by atoms with Crippen LogP contribution >= 0.6 is 11.6 Å². The van der Waals surface area contributed by atoms with Gasteiger partial charge in [0.2, 0.25) is 0 Å². The van der Waals surface area contributed by atoms with E-state index in [1.165, 1.54) is 0 Å². The average molecular weight is 383 g/mol. The Morgan fingerprint density at radius 2 is 2.07 bits per heavy atom. The Bertz CT molecular complexity index is 998. The molecule has 0 bridgehead atoms. The van der Waals surface area contributed by atoms with Crippen LogP contribution in [0.15, 0.2) is 48.8 Å². The molecule has 6 nitrogen and oxygen atoms in total. The number of rotatable bonds is 4. The molecule has 1 atom stereocenters. The number of fused-ring (bicyclic) bond motifs is 1. The highest BCUT2D eigenvalue weighted by atomic mass is 35.5. The highest BCUT2D eigenvalue weighted by Crippen LogP contribution is 2.40. The molecule has 0 saturated carbocycles. The molecule has 0 aliphatic carbocycles. The monoisotopic (exact) mass is 382 g/mol. The molecular formula is C20H19ClN4O2. The topological polar surface area (TPSA) is 68.2 Å². The van der Waals surface area contributed by atoms with Gasteiger partial charge in [0.1, 0.15) is 5.82 Å². The Kier molecular flexibility index (Phi) is 4.49. The molecule has 3 aromatic rings. The van der Waals surface area contributed by atoms with Gasteiger partial charge in [0.15, 0.2) is 12.4 Å². The van der Waals surface area contributed by atoms with Crippen LogP contribution in [-0.2, 0) is 4.79 Å². The molecule has 0 radical (unpaired) electrons. The van der Waals surface area contributed by atoms with Crippen LogP contribution in [0.4, 0.5) is 11.4 Å². The molecule has 2 heterocycles. The van der Waals surface area contributed by atoms with E-state index in [1.807, 2.05) is 17.7 Å². The summed E-state index contributed by atoms with van der Waals surface area (Å²) in [6.45, 7) is 4.03. The van der Waals surface area contributed by atoms with Crippen LogP contribution < -0.4 is 15.4 Å². The van der Waals surface area contributed by atoms with Gasteiger partial charge in [0.25, 0.3) is 5.91 Å². The van der Waals surface area contributed by atoms with Gasteiger partial charge in [-0.05, 0) is 43.7 Å². The number of hydrogen-bond donors (Lipinski definition) is 2. The Balaban J connectivity index is 1.57. The number of ether oxygens (including phenoxy) is 1. The molecule has 2 aromatic carbocycles. The third-order valence-corrected chi connectivity index (χ3v) is 4.76. The van der Waals surface area contributed by atoms with Crippen LogP contribution in [0.3, 0.4) is 0 Å². The molecule has 1 aliphatic rings.